The summed E-state index contributed by atoms with van der Waals surface area (Å²) in [5, 5.41) is 1.90. The van der Waals surface area contributed by atoms with E-state index in [-0.39, 0.29) is 11.7 Å². The van der Waals surface area contributed by atoms with Crippen LogP contribution in [0.1, 0.15) is 25.3 Å². The van der Waals surface area contributed by atoms with Crippen LogP contribution in [0.4, 0.5) is 4.39 Å². The number of halogens is 1. The van der Waals surface area contributed by atoms with E-state index < -0.39 is 0 Å². The minimum atomic E-state index is -0.138. The third kappa shape index (κ3) is 1.48. The van der Waals surface area contributed by atoms with E-state index in [1.807, 2.05) is 26.0 Å². The van der Waals surface area contributed by atoms with E-state index >= 15 is 0 Å². The molecular weight excluding hydrogens is 177 g/mol. The first-order valence-corrected chi connectivity index (χ1v) is 4.71. The summed E-state index contributed by atoms with van der Waals surface area (Å²) in [6, 6.07) is 5.36. The van der Waals surface area contributed by atoms with E-state index in [0.29, 0.717) is 0 Å². The first-order valence-electron chi connectivity index (χ1n) is 4.71. The van der Waals surface area contributed by atoms with Gasteiger partial charge in [0, 0.05) is 17.8 Å². The molecule has 1 heterocycles. The molecule has 2 rings (SSSR count). The van der Waals surface area contributed by atoms with Gasteiger partial charge in [0.25, 0.3) is 0 Å². The standard InChI is InChI=1S/C12H12FN/c1-8(2)11-5-9-3-4-14-7-10(9)6-12(11)13/h3-8H,1-2H3. The zero-order valence-corrected chi connectivity index (χ0v) is 8.29. The molecule has 0 saturated carbocycles. The Kier molecular flexibility index (Phi) is 2.20. The molecule has 0 aliphatic heterocycles. The fourth-order valence-electron chi connectivity index (χ4n) is 1.57. The highest BCUT2D eigenvalue weighted by atomic mass is 19.1. The summed E-state index contributed by atoms with van der Waals surface area (Å²) in [5.74, 6) is 0.0769. The Labute approximate surface area is 82.6 Å². The largest absolute Gasteiger partial charge is 0.264 e. The van der Waals surface area contributed by atoms with Gasteiger partial charge >= 0.3 is 0 Å². The van der Waals surface area contributed by atoms with Crippen molar-refractivity contribution in [3.63, 3.8) is 0 Å². The molecule has 2 aromatic rings. The van der Waals surface area contributed by atoms with E-state index in [4.69, 9.17) is 0 Å². The van der Waals surface area contributed by atoms with Gasteiger partial charge in [-0.25, -0.2) is 4.39 Å². The van der Waals surface area contributed by atoms with Crippen LogP contribution in [-0.4, -0.2) is 4.98 Å². The molecule has 0 N–H and O–H groups in total. The summed E-state index contributed by atoms with van der Waals surface area (Å²) in [5.41, 5.74) is 0.767. The molecule has 0 aliphatic carbocycles. The van der Waals surface area contributed by atoms with Crippen molar-refractivity contribution in [2.45, 2.75) is 19.8 Å². The lowest BCUT2D eigenvalue weighted by Crippen LogP contribution is -1.93. The molecule has 0 amide bonds. The lowest BCUT2D eigenvalue weighted by Gasteiger charge is -2.08. The molecule has 72 valence electrons. The molecule has 0 spiro atoms. The van der Waals surface area contributed by atoms with Gasteiger partial charge in [0.05, 0.1) is 0 Å². The normalized spacial score (nSPS) is 11.1. The van der Waals surface area contributed by atoms with E-state index in [9.17, 15) is 4.39 Å². The van der Waals surface area contributed by atoms with Crippen molar-refractivity contribution in [3.05, 3.63) is 42.0 Å². The fourth-order valence-corrected chi connectivity index (χ4v) is 1.57. The second-order valence-electron chi connectivity index (χ2n) is 3.75. The summed E-state index contributed by atoms with van der Waals surface area (Å²) in [6.07, 6.45) is 3.41. The third-order valence-corrected chi connectivity index (χ3v) is 2.38. The molecule has 0 aliphatic rings. The summed E-state index contributed by atoms with van der Waals surface area (Å²) in [4.78, 5) is 3.96. The van der Waals surface area contributed by atoms with Crippen molar-refractivity contribution in [2.75, 3.05) is 0 Å². The number of hydrogen-bond acceptors (Lipinski definition) is 1. The first kappa shape index (κ1) is 9.13. The number of hydrogen-bond donors (Lipinski definition) is 0. The maximum atomic E-state index is 13.5. The lowest BCUT2D eigenvalue weighted by atomic mass is 9.99. The van der Waals surface area contributed by atoms with Crippen molar-refractivity contribution < 1.29 is 4.39 Å². The molecule has 0 bridgehead atoms. The fraction of sp³-hybridized carbons (Fsp3) is 0.250. The Morgan fingerprint density at radius 2 is 2.00 bits per heavy atom. The molecule has 0 fully saturated rings. The molecule has 0 atom stereocenters. The van der Waals surface area contributed by atoms with Crippen LogP contribution in [0.5, 0.6) is 0 Å². The Hall–Kier alpha value is -1.44. The van der Waals surface area contributed by atoms with Crippen LogP contribution < -0.4 is 0 Å². The van der Waals surface area contributed by atoms with Crippen molar-refractivity contribution >= 4 is 10.8 Å². The van der Waals surface area contributed by atoms with Crippen LogP contribution in [-0.2, 0) is 0 Å². The Morgan fingerprint density at radius 1 is 1.21 bits per heavy atom. The van der Waals surface area contributed by atoms with E-state index in [0.717, 1.165) is 16.3 Å². The molecule has 1 aromatic heterocycles. The van der Waals surface area contributed by atoms with Crippen molar-refractivity contribution in [2.24, 2.45) is 0 Å². The molecule has 1 nitrogen and oxygen atoms in total. The number of nitrogens with zero attached hydrogens (tertiary/aromatic N) is 1. The summed E-state index contributed by atoms with van der Waals surface area (Å²) >= 11 is 0. The van der Waals surface area contributed by atoms with Gasteiger partial charge in [-0.2, -0.15) is 0 Å². The Bertz CT molecular complexity index is 463. The topological polar surface area (TPSA) is 12.9 Å². The van der Waals surface area contributed by atoms with Crippen molar-refractivity contribution in [1.29, 1.82) is 0 Å². The Morgan fingerprint density at radius 3 is 2.71 bits per heavy atom. The minimum Gasteiger partial charge on any atom is -0.264 e. The highest BCUT2D eigenvalue weighted by molar-refractivity contribution is 5.82. The minimum absolute atomic E-state index is 0.138. The number of fused-ring (bicyclic) bond motifs is 1. The molecule has 0 saturated heterocycles. The first-order chi connectivity index (χ1) is 6.68. The SMILES string of the molecule is CC(C)c1cc2ccncc2cc1F. The van der Waals surface area contributed by atoms with Gasteiger partial charge in [-0.15, -0.1) is 0 Å². The van der Waals surface area contributed by atoms with Crippen LogP contribution in [0.25, 0.3) is 10.8 Å². The molecule has 14 heavy (non-hydrogen) atoms. The van der Waals surface area contributed by atoms with Crippen LogP contribution in [0.3, 0.4) is 0 Å². The van der Waals surface area contributed by atoms with Crippen molar-refractivity contribution in [3.8, 4) is 0 Å². The maximum Gasteiger partial charge on any atom is 0.127 e. The van der Waals surface area contributed by atoms with Gasteiger partial charge in [-0.1, -0.05) is 13.8 Å². The second kappa shape index (κ2) is 3.37. The van der Waals surface area contributed by atoms with Gasteiger partial charge in [0.2, 0.25) is 0 Å². The van der Waals surface area contributed by atoms with E-state index in [1.54, 1.807) is 18.5 Å². The van der Waals surface area contributed by atoms with Gasteiger partial charge in [-0.05, 0) is 35.1 Å². The average Bonchev–Trinajstić information content (AvgIpc) is 2.16. The molecule has 1 aromatic carbocycles. The number of benzene rings is 1. The number of aromatic nitrogens is 1. The van der Waals surface area contributed by atoms with Crippen molar-refractivity contribution in [1.82, 2.24) is 4.98 Å². The molecule has 2 heteroatoms. The number of rotatable bonds is 1. The summed E-state index contributed by atoms with van der Waals surface area (Å²) < 4.78 is 13.5. The van der Waals surface area contributed by atoms with Gasteiger partial charge in [-0.3, -0.25) is 4.98 Å². The highest BCUT2D eigenvalue weighted by Crippen LogP contribution is 2.23. The zero-order chi connectivity index (χ0) is 10.1. The van der Waals surface area contributed by atoms with Crippen LogP contribution in [0, 0.1) is 5.82 Å². The van der Waals surface area contributed by atoms with Crippen LogP contribution in [0.15, 0.2) is 30.6 Å². The van der Waals surface area contributed by atoms with Crippen LogP contribution >= 0.6 is 0 Å². The average molecular weight is 189 g/mol. The quantitative estimate of drug-likeness (QED) is 0.669. The van der Waals surface area contributed by atoms with Gasteiger partial charge in [0.15, 0.2) is 0 Å². The molecule has 0 radical (unpaired) electrons. The predicted octanol–water partition coefficient (Wildman–Crippen LogP) is 3.50. The third-order valence-electron chi connectivity index (χ3n) is 2.38. The van der Waals surface area contributed by atoms with Gasteiger partial charge in [0.1, 0.15) is 5.82 Å². The highest BCUT2D eigenvalue weighted by Gasteiger charge is 2.07. The number of pyridine rings is 1. The molecular formula is C12H12FN. The Balaban J connectivity index is 2.71. The van der Waals surface area contributed by atoms with E-state index in [2.05, 4.69) is 4.98 Å². The second-order valence-corrected chi connectivity index (χ2v) is 3.75. The zero-order valence-electron chi connectivity index (χ0n) is 8.29. The summed E-state index contributed by atoms with van der Waals surface area (Å²) in [7, 11) is 0. The maximum absolute atomic E-state index is 13.5. The lowest BCUT2D eigenvalue weighted by molar-refractivity contribution is 0.600. The predicted molar refractivity (Wildman–Crippen MR) is 55.8 cm³/mol. The van der Waals surface area contributed by atoms with E-state index in [1.165, 1.54) is 0 Å². The monoisotopic (exact) mass is 189 g/mol. The van der Waals surface area contributed by atoms with Crippen LogP contribution in [0.2, 0.25) is 0 Å². The smallest absolute Gasteiger partial charge is 0.127 e. The van der Waals surface area contributed by atoms with Gasteiger partial charge < -0.3 is 0 Å². The summed E-state index contributed by atoms with van der Waals surface area (Å²) in [6.45, 7) is 3.98. The molecule has 0 unspecified atom stereocenters.